The van der Waals surface area contributed by atoms with Gasteiger partial charge >= 0.3 is 0 Å². The molecule has 29 heavy (non-hydrogen) atoms. The molecule has 0 saturated carbocycles. The lowest BCUT2D eigenvalue weighted by atomic mass is 9.92. The molecule has 0 aliphatic rings. The predicted octanol–water partition coefficient (Wildman–Crippen LogP) is 7.54. The molecular weight excluding hydrogens is 350 g/mol. The zero-order chi connectivity index (χ0) is 19.6. The second kappa shape index (κ2) is 7.37. The summed E-state index contributed by atoms with van der Waals surface area (Å²) >= 11 is 0. The lowest BCUT2D eigenvalue weighted by Crippen LogP contribution is -1.94. The smallest absolute Gasteiger partial charge is 0.0788 e. The molecule has 0 atom stereocenters. The van der Waals surface area contributed by atoms with Crippen LogP contribution in [0.1, 0.15) is 5.56 Å². The van der Waals surface area contributed by atoms with E-state index >= 15 is 0 Å². The van der Waals surface area contributed by atoms with Crippen molar-refractivity contribution in [3.8, 4) is 33.6 Å². The molecule has 5 aromatic rings. The fraction of sp³-hybridized carbons (Fsp3) is 0.0357. The SMILES string of the molecule is Cc1ccc(-c2ccc(-c3ccccc3)nc2-c2ccccc2)c2ccccc12. The molecule has 0 fully saturated rings. The highest BCUT2D eigenvalue weighted by molar-refractivity contribution is 6.01. The summed E-state index contributed by atoms with van der Waals surface area (Å²) in [6.45, 7) is 2.17. The van der Waals surface area contributed by atoms with E-state index in [1.807, 2.05) is 12.1 Å². The molecule has 0 N–H and O–H groups in total. The molecular formula is C28H21N. The highest BCUT2D eigenvalue weighted by atomic mass is 14.7. The third kappa shape index (κ3) is 3.21. The topological polar surface area (TPSA) is 12.9 Å². The van der Waals surface area contributed by atoms with Crippen molar-refractivity contribution in [3.05, 3.63) is 115 Å². The van der Waals surface area contributed by atoms with Crippen molar-refractivity contribution in [2.24, 2.45) is 0 Å². The van der Waals surface area contributed by atoms with Gasteiger partial charge in [0.1, 0.15) is 0 Å². The van der Waals surface area contributed by atoms with Crippen LogP contribution in [0, 0.1) is 6.92 Å². The summed E-state index contributed by atoms with van der Waals surface area (Å²) in [5.41, 5.74) is 7.93. The lowest BCUT2D eigenvalue weighted by Gasteiger charge is -2.15. The summed E-state index contributed by atoms with van der Waals surface area (Å²) in [6.07, 6.45) is 0. The normalized spacial score (nSPS) is 10.9. The number of nitrogens with zero attached hydrogens (tertiary/aromatic N) is 1. The summed E-state index contributed by atoms with van der Waals surface area (Å²) in [4.78, 5) is 5.12. The number of hydrogen-bond acceptors (Lipinski definition) is 1. The summed E-state index contributed by atoms with van der Waals surface area (Å²) in [5.74, 6) is 0. The van der Waals surface area contributed by atoms with Crippen LogP contribution in [-0.2, 0) is 0 Å². The van der Waals surface area contributed by atoms with Crippen molar-refractivity contribution >= 4 is 10.8 Å². The average molecular weight is 371 g/mol. The molecule has 4 aromatic carbocycles. The molecule has 0 saturated heterocycles. The maximum atomic E-state index is 5.12. The molecule has 0 aliphatic heterocycles. The number of aryl methyl sites for hydroxylation is 1. The van der Waals surface area contributed by atoms with Gasteiger partial charge in [0.15, 0.2) is 0 Å². The van der Waals surface area contributed by atoms with Crippen molar-refractivity contribution in [1.82, 2.24) is 4.98 Å². The molecule has 1 heteroatoms. The van der Waals surface area contributed by atoms with Crippen LogP contribution < -0.4 is 0 Å². The van der Waals surface area contributed by atoms with E-state index in [1.54, 1.807) is 0 Å². The van der Waals surface area contributed by atoms with Gasteiger partial charge < -0.3 is 0 Å². The molecule has 1 nitrogen and oxygen atoms in total. The minimum absolute atomic E-state index is 0.990. The quantitative estimate of drug-likeness (QED) is 0.319. The first kappa shape index (κ1) is 17.4. The van der Waals surface area contributed by atoms with Gasteiger partial charge in [0.05, 0.1) is 11.4 Å². The van der Waals surface area contributed by atoms with Crippen LogP contribution in [0.5, 0.6) is 0 Å². The third-order valence-electron chi connectivity index (χ3n) is 5.44. The zero-order valence-electron chi connectivity index (χ0n) is 16.3. The molecule has 5 rings (SSSR count). The fourth-order valence-corrected chi connectivity index (χ4v) is 3.95. The Kier molecular flexibility index (Phi) is 4.42. The Balaban J connectivity index is 1.79. The third-order valence-corrected chi connectivity index (χ3v) is 5.44. The number of pyridine rings is 1. The molecule has 1 aromatic heterocycles. The summed E-state index contributed by atoms with van der Waals surface area (Å²) in [6, 6.07) is 38.2. The van der Waals surface area contributed by atoms with E-state index < -0.39 is 0 Å². The van der Waals surface area contributed by atoms with Crippen LogP contribution in [-0.4, -0.2) is 4.98 Å². The van der Waals surface area contributed by atoms with Crippen LogP contribution in [0.2, 0.25) is 0 Å². The van der Waals surface area contributed by atoms with Crippen LogP contribution >= 0.6 is 0 Å². The Hall–Kier alpha value is -3.71. The first-order valence-corrected chi connectivity index (χ1v) is 9.92. The predicted molar refractivity (Wildman–Crippen MR) is 123 cm³/mol. The second-order valence-electron chi connectivity index (χ2n) is 7.30. The van der Waals surface area contributed by atoms with Crippen molar-refractivity contribution in [2.75, 3.05) is 0 Å². The molecule has 0 radical (unpaired) electrons. The summed E-state index contributed by atoms with van der Waals surface area (Å²) in [7, 11) is 0. The molecule has 0 amide bonds. The molecule has 0 bridgehead atoms. The molecule has 0 aliphatic carbocycles. The van der Waals surface area contributed by atoms with E-state index in [0.29, 0.717) is 0 Å². The Morgan fingerprint density at radius 3 is 1.79 bits per heavy atom. The van der Waals surface area contributed by atoms with Crippen LogP contribution in [0.4, 0.5) is 0 Å². The summed E-state index contributed by atoms with van der Waals surface area (Å²) < 4.78 is 0. The highest BCUT2D eigenvalue weighted by Gasteiger charge is 2.14. The van der Waals surface area contributed by atoms with Gasteiger partial charge in [-0.2, -0.15) is 0 Å². The molecule has 0 spiro atoms. The zero-order valence-corrected chi connectivity index (χ0v) is 16.3. The average Bonchev–Trinajstić information content (AvgIpc) is 2.80. The minimum atomic E-state index is 0.990. The van der Waals surface area contributed by atoms with Gasteiger partial charge in [-0.05, 0) is 41.0 Å². The molecule has 1 heterocycles. The van der Waals surface area contributed by atoms with E-state index in [2.05, 4.69) is 104 Å². The van der Waals surface area contributed by atoms with Crippen molar-refractivity contribution in [3.63, 3.8) is 0 Å². The van der Waals surface area contributed by atoms with E-state index in [-0.39, 0.29) is 0 Å². The van der Waals surface area contributed by atoms with Gasteiger partial charge in [0, 0.05) is 16.7 Å². The van der Waals surface area contributed by atoms with Gasteiger partial charge in [0.25, 0.3) is 0 Å². The Morgan fingerprint density at radius 1 is 0.483 bits per heavy atom. The van der Waals surface area contributed by atoms with Crippen molar-refractivity contribution in [1.29, 1.82) is 0 Å². The first-order chi connectivity index (χ1) is 14.3. The standard InChI is InChI=1S/C28H21N/c1-20-16-17-25(24-15-9-8-14-23(20)24)26-18-19-27(21-10-4-2-5-11-21)29-28(26)22-12-6-3-7-13-22/h2-19H,1H3. The van der Waals surface area contributed by atoms with Crippen LogP contribution in [0.25, 0.3) is 44.4 Å². The largest absolute Gasteiger partial charge is 0.247 e. The Bertz CT molecular complexity index is 1290. The van der Waals surface area contributed by atoms with E-state index in [4.69, 9.17) is 4.98 Å². The lowest BCUT2D eigenvalue weighted by molar-refractivity contribution is 1.32. The van der Waals surface area contributed by atoms with Crippen LogP contribution in [0.15, 0.2) is 109 Å². The van der Waals surface area contributed by atoms with E-state index in [1.165, 1.54) is 21.9 Å². The Morgan fingerprint density at radius 2 is 1.07 bits per heavy atom. The monoisotopic (exact) mass is 371 g/mol. The fourth-order valence-electron chi connectivity index (χ4n) is 3.95. The number of aromatic nitrogens is 1. The number of rotatable bonds is 3. The minimum Gasteiger partial charge on any atom is -0.247 e. The van der Waals surface area contributed by atoms with Gasteiger partial charge in [-0.25, -0.2) is 4.98 Å². The molecule has 138 valence electrons. The Labute approximate surface area is 171 Å². The number of hydrogen-bond donors (Lipinski definition) is 0. The van der Waals surface area contributed by atoms with Gasteiger partial charge in [-0.3, -0.25) is 0 Å². The first-order valence-electron chi connectivity index (χ1n) is 9.92. The van der Waals surface area contributed by atoms with Gasteiger partial charge in [-0.1, -0.05) is 97.1 Å². The van der Waals surface area contributed by atoms with E-state index in [0.717, 1.165) is 28.1 Å². The van der Waals surface area contributed by atoms with Crippen LogP contribution in [0.3, 0.4) is 0 Å². The highest BCUT2D eigenvalue weighted by Crippen LogP contribution is 2.37. The number of fused-ring (bicyclic) bond motifs is 1. The van der Waals surface area contributed by atoms with Gasteiger partial charge in [0.2, 0.25) is 0 Å². The second-order valence-corrected chi connectivity index (χ2v) is 7.30. The van der Waals surface area contributed by atoms with Crippen molar-refractivity contribution < 1.29 is 0 Å². The summed E-state index contributed by atoms with van der Waals surface area (Å²) in [5, 5.41) is 2.55. The van der Waals surface area contributed by atoms with E-state index in [9.17, 15) is 0 Å². The van der Waals surface area contributed by atoms with Crippen molar-refractivity contribution in [2.45, 2.75) is 6.92 Å². The molecule has 0 unspecified atom stereocenters. The maximum Gasteiger partial charge on any atom is 0.0788 e. The van der Waals surface area contributed by atoms with Gasteiger partial charge in [-0.15, -0.1) is 0 Å². The maximum absolute atomic E-state index is 5.12. The number of benzene rings is 4.